The van der Waals surface area contributed by atoms with E-state index in [4.69, 9.17) is 16.3 Å². The van der Waals surface area contributed by atoms with Crippen LogP contribution >= 0.6 is 11.6 Å². The fourth-order valence-corrected chi connectivity index (χ4v) is 2.57. The van der Waals surface area contributed by atoms with Crippen molar-refractivity contribution in [2.24, 2.45) is 0 Å². The smallest absolute Gasteiger partial charge is 0.135 e. The molecule has 3 heteroatoms. The molecule has 3 aromatic carbocycles. The summed E-state index contributed by atoms with van der Waals surface area (Å²) in [5.74, 6) is 1.68. The molecule has 0 saturated carbocycles. The van der Waals surface area contributed by atoms with Crippen LogP contribution in [0.2, 0.25) is 5.02 Å². The third kappa shape index (κ3) is 3.02. The van der Waals surface area contributed by atoms with E-state index < -0.39 is 0 Å². The topological polar surface area (TPSA) is 21.3 Å². The molecule has 1 N–H and O–H groups in total. The number of nitrogens with one attached hydrogen (secondary N) is 1. The highest BCUT2D eigenvalue weighted by molar-refractivity contribution is 6.30. The van der Waals surface area contributed by atoms with Gasteiger partial charge < -0.3 is 10.1 Å². The second kappa shape index (κ2) is 6.17. The monoisotopic (exact) mass is 297 g/mol. The van der Waals surface area contributed by atoms with E-state index >= 15 is 0 Å². The Morgan fingerprint density at radius 3 is 2.62 bits per heavy atom. The highest BCUT2D eigenvalue weighted by Crippen LogP contribution is 2.32. The lowest BCUT2D eigenvalue weighted by Gasteiger charge is -2.13. The fourth-order valence-electron chi connectivity index (χ4n) is 2.38. The molecule has 0 fully saturated rings. The lowest BCUT2D eigenvalue weighted by Crippen LogP contribution is -2.06. The van der Waals surface area contributed by atoms with Gasteiger partial charge in [-0.25, -0.2) is 0 Å². The van der Waals surface area contributed by atoms with Gasteiger partial charge in [0.05, 0.1) is 0 Å². The van der Waals surface area contributed by atoms with E-state index in [1.54, 1.807) is 0 Å². The number of benzene rings is 3. The van der Waals surface area contributed by atoms with E-state index in [1.807, 2.05) is 49.5 Å². The first-order chi connectivity index (χ1) is 10.3. The molecule has 0 atom stereocenters. The van der Waals surface area contributed by atoms with Crippen LogP contribution in [0.3, 0.4) is 0 Å². The highest BCUT2D eigenvalue weighted by Gasteiger charge is 2.08. The van der Waals surface area contributed by atoms with Crippen LogP contribution in [0.25, 0.3) is 10.8 Å². The number of ether oxygens (including phenoxy) is 1. The van der Waals surface area contributed by atoms with Crippen molar-refractivity contribution < 1.29 is 4.74 Å². The normalized spacial score (nSPS) is 10.8. The van der Waals surface area contributed by atoms with Crippen LogP contribution < -0.4 is 10.1 Å². The van der Waals surface area contributed by atoms with Gasteiger partial charge in [0.2, 0.25) is 0 Å². The molecule has 0 aromatic heterocycles. The SMILES string of the molecule is CNCc1cc(Cl)ccc1Oc1cccc2ccccc12. The van der Waals surface area contributed by atoms with Crippen LogP contribution in [-0.2, 0) is 6.54 Å². The van der Waals surface area contributed by atoms with Gasteiger partial charge in [0.25, 0.3) is 0 Å². The standard InChI is InChI=1S/C18H16ClNO/c1-20-12-14-11-15(19)9-10-17(14)21-18-8-4-6-13-5-2-3-7-16(13)18/h2-11,20H,12H2,1H3. The van der Waals surface area contributed by atoms with Gasteiger partial charge in [-0.1, -0.05) is 48.0 Å². The molecule has 0 heterocycles. The highest BCUT2D eigenvalue weighted by atomic mass is 35.5. The Labute approximate surface area is 129 Å². The van der Waals surface area contributed by atoms with Gasteiger partial charge >= 0.3 is 0 Å². The lowest BCUT2D eigenvalue weighted by molar-refractivity contribution is 0.480. The van der Waals surface area contributed by atoms with Gasteiger partial charge in [-0.2, -0.15) is 0 Å². The molecule has 0 spiro atoms. The predicted octanol–water partition coefficient (Wildman–Crippen LogP) is 5.00. The number of hydrogen-bond acceptors (Lipinski definition) is 2. The first-order valence-corrected chi connectivity index (χ1v) is 7.24. The molecule has 0 unspecified atom stereocenters. The minimum Gasteiger partial charge on any atom is -0.456 e. The summed E-state index contributed by atoms with van der Waals surface area (Å²) < 4.78 is 6.13. The van der Waals surface area contributed by atoms with Crippen LogP contribution in [-0.4, -0.2) is 7.05 Å². The van der Waals surface area contributed by atoms with E-state index in [9.17, 15) is 0 Å². The van der Waals surface area contributed by atoms with Crippen LogP contribution in [0.15, 0.2) is 60.7 Å². The zero-order valence-corrected chi connectivity index (χ0v) is 12.5. The molecular formula is C18H16ClNO. The van der Waals surface area contributed by atoms with Crippen molar-refractivity contribution in [2.45, 2.75) is 6.54 Å². The summed E-state index contributed by atoms with van der Waals surface area (Å²) in [5.41, 5.74) is 1.04. The molecule has 0 saturated heterocycles. The Hall–Kier alpha value is -2.03. The van der Waals surface area contributed by atoms with Crippen LogP contribution in [0.1, 0.15) is 5.56 Å². The van der Waals surface area contributed by atoms with Gasteiger partial charge in [-0.05, 0) is 36.7 Å². The Balaban J connectivity index is 2.02. The van der Waals surface area contributed by atoms with Crippen LogP contribution in [0, 0.1) is 0 Å². The van der Waals surface area contributed by atoms with Gasteiger partial charge in [0.15, 0.2) is 0 Å². The minimum absolute atomic E-state index is 0.709. The fraction of sp³-hybridized carbons (Fsp3) is 0.111. The van der Waals surface area contributed by atoms with E-state index in [-0.39, 0.29) is 0 Å². The van der Waals surface area contributed by atoms with Crippen molar-refractivity contribution >= 4 is 22.4 Å². The third-order valence-electron chi connectivity index (χ3n) is 3.36. The summed E-state index contributed by atoms with van der Waals surface area (Å²) >= 11 is 6.07. The Kier molecular flexibility index (Phi) is 4.09. The molecule has 0 radical (unpaired) electrons. The van der Waals surface area contributed by atoms with E-state index in [0.717, 1.165) is 22.4 Å². The Morgan fingerprint density at radius 1 is 0.952 bits per heavy atom. The molecule has 2 nitrogen and oxygen atoms in total. The zero-order valence-electron chi connectivity index (χ0n) is 11.8. The Morgan fingerprint density at radius 2 is 1.76 bits per heavy atom. The second-order valence-corrected chi connectivity index (χ2v) is 5.30. The zero-order chi connectivity index (χ0) is 14.7. The van der Waals surface area contributed by atoms with Crippen molar-refractivity contribution in [1.82, 2.24) is 5.32 Å². The number of halogens is 1. The van der Waals surface area contributed by atoms with Crippen molar-refractivity contribution in [2.75, 3.05) is 7.05 Å². The summed E-state index contributed by atoms with van der Waals surface area (Å²) in [4.78, 5) is 0. The van der Waals surface area contributed by atoms with Crippen molar-refractivity contribution in [3.8, 4) is 11.5 Å². The van der Waals surface area contributed by atoms with Gasteiger partial charge in [0, 0.05) is 22.5 Å². The van der Waals surface area contributed by atoms with Crippen molar-refractivity contribution in [1.29, 1.82) is 0 Å². The maximum absolute atomic E-state index is 6.13. The minimum atomic E-state index is 0.709. The summed E-state index contributed by atoms with van der Waals surface area (Å²) in [5, 5.41) is 6.12. The molecule has 3 aromatic rings. The molecule has 106 valence electrons. The molecule has 0 aliphatic heterocycles. The van der Waals surface area contributed by atoms with Gasteiger partial charge in [-0.3, -0.25) is 0 Å². The number of hydrogen-bond donors (Lipinski definition) is 1. The summed E-state index contributed by atoms with van der Waals surface area (Å²) in [6.07, 6.45) is 0. The largest absolute Gasteiger partial charge is 0.456 e. The van der Waals surface area contributed by atoms with Crippen LogP contribution in [0.4, 0.5) is 0 Å². The Bertz CT molecular complexity index is 765. The molecule has 0 aliphatic rings. The average molecular weight is 298 g/mol. The molecule has 3 rings (SSSR count). The van der Waals surface area contributed by atoms with E-state index in [1.165, 1.54) is 5.39 Å². The van der Waals surface area contributed by atoms with Crippen molar-refractivity contribution in [3.05, 3.63) is 71.2 Å². The quantitative estimate of drug-likeness (QED) is 0.731. The molecule has 21 heavy (non-hydrogen) atoms. The first-order valence-electron chi connectivity index (χ1n) is 6.86. The average Bonchev–Trinajstić information content (AvgIpc) is 2.50. The lowest BCUT2D eigenvalue weighted by atomic mass is 10.1. The molecular weight excluding hydrogens is 282 g/mol. The number of fused-ring (bicyclic) bond motifs is 1. The van der Waals surface area contributed by atoms with Crippen molar-refractivity contribution in [3.63, 3.8) is 0 Å². The van der Waals surface area contributed by atoms with Gasteiger partial charge in [-0.15, -0.1) is 0 Å². The summed E-state index contributed by atoms with van der Waals surface area (Å²) in [7, 11) is 1.91. The van der Waals surface area contributed by atoms with Gasteiger partial charge in [0.1, 0.15) is 11.5 Å². The second-order valence-electron chi connectivity index (χ2n) is 4.86. The summed E-state index contributed by atoms with van der Waals surface area (Å²) in [6.45, 7) is 0.709. The van der Waals surface area contributed by atoms with Crippen LogP contribution in [0.5, 0.6) is 11.5 Å². The summed E-state index contributed by atoms with van der Waals surface area (Å²) in [6, 6.07) is 20.0. The molecule has 0 aliphatic carbocycles. The predicted molar refractivity (Wildman–Crippen MR) is 88.2 cm³/mol. The maximum atomic E-state index is 6.13. The van der Waals surface area contributed by atoms with E-state index in [2.05, 4.69) is 23.5 Å². The molecule has 0 bridgehead atoms. The number of rotatable bonds is 4. The molecule has 0 amide bonds. The first kappa shape index (κ1) is 13.9. The maximum Gasteiger partial charge on any atom is 0.135 e. The van der Waals surface area contributed by atoms with E-state index in [0.29, 0.717) is 11.6 Å². The third-order valence-corrected chi connectivity index (χ3v) is 3.59.